The third kappa shape index (κ3) is 5.74. The van der Waals surface area contributed by atoms with Crippen LogP contribution in [0.5, 0.6) is 5.75 Å². The molecule has 0 bridgehead atoms. The van der Waals surface area contributed by atoms with Crippen LogP contribution in [0, 0.1) is 5.92 Å². The highest BCUT2D eigenvalue weighted by Crippen LogP contribution is 2.30. The summed E-state index contributed by atoms with van der Waals surface area (Å²) >= 11 is 0. The van der Waals surface area contributed by atoms with Crippen LogP contribution in [0.3, 0.4) is 0 Å². The Morgan fingerprint density at radius 3 is 2.48 bits per heavy atom. The first-order valence-corrected chi connectivity index (χ1v) is 10.3. The van der Waals surface area contributed by atoms with Gasteiger partial charge in [-0.05, 0) is 57.4 Å². The molecule has 1 saturated heterocycles. The van der Waals surface area contributed by atoms with Gasteiger partial charge in [0.15, 0.2) is 0 Å². The van der Waals surface area contributed by atoms with Crippen molar-refractivity contribution in [3.05, 3.63) is 54.1 Å². The van der Waals surface area contributed by atoms with Crippen LogP contribution in [0.4, 0.5) is 0 Å². The van der Waals surface area contributed by atoms with Gasteiger partial charge in [0.2, 0.25) is 5.91 Å². The second-order valence-electron chi connectivity index (χ2n) is 8.03. The zero-order valence-corrected chi connectivity index (χ0v) is 18.7. The summed E-state index contributed by atoms with van der Waals surface area (Å²) < 4.78 is 5.48. The van der Waals surface area contributed by atoms with Crippen molar-refractivity contribution in [2.45, 2.75) is 52.2 Å². The Bertz CT molecular complexity index is 792. The molecule has 2 aromatic rings. The van der Waals surface area contributed by atoms with Gasteiger partial charge >= 0.3 is 0 Å². The number of nitrogens with one attached hydrogen (secondary N) is 1. The van der Waals surface area contributed by atoms with Gasteiger partial charge < -0.3 is 15.0 Å². The zero-order valence-electron chi connectivity index (χ0n) is 17.9. The molecular weight excluding hydrogens is 384 g/mol. The van der Waals surface area contributed by atoms with Gasteiger partial charge in [-0.2, -0.15) is 0 Å². The molecule has 1 amide bonds. The van der Waals surface area contributed by atoms with Gasteiger partial charge in [-0.3, -0.25) is 4.79 Å². The minimum absolute atomic E-state index is 0. The summed E-state index contributed by atoms with van der Waals surface area (Å²) in [5.41, 5.74) is 3.36. The number of piperidine rings is 1. The van der Waals surface area contributed by atoms with Crippen molar-refractivity contribution in [1.82, 2.24) is 10.2 Å². The van der Waals surface area contributed by atoms with Crippen molar-refractivity contribution in [2.75, 3.05) is 13.7 Å². The van der Waals surface area contributed by atoms with Gasteiger partial charge in [0.25, 0.3) is 0 Å². The summed E-state index contributed by atoms with van der Waals surface area (Å²) in [5.74, 6) is 1.29. The van der Waals surface area contributed by atoms with E-state index >= 15 is 0 Å². The number of ether oxygens (including phenoxy) is 1. The van der Waals surface area contributed by atoms with Crippen molar-refractivity contribution in [1.29, 1.82) is 0 Å². The highest BCUT2D eigenvalue weighted by Gasteiger charge is 2.29. The number of hydrogen-bond acceptors (Lipinski definition) is 3. The predicted molar refractivity (Wildman–Crippen MR) is 122 cm³/mol. The number of para-hydroxylation sites is 1. The molecule has 3 rings (SSSR count). The lowest BCUT2D eigenvalue weighted by atomic mass is 9.91. The van der Waals surface area contributed by atoms with Gasteiger partial charge in [-0.15, -0.1) is 12.4 Å². The largest absolute Gasteiger partial charge is 0.496 e. The smallest absolute Gasteiger partial charge is 0.226 e. The number of halogens is 1. The van der Waals surface area contributed by atoms with Gasteiger partial charge in [-0.25, -0.2) is 0 Å². The van der Waals surface area contributed by atoms with E-state index in [0.717, 1.165) is 41.8 Å². The number of benzene rings is 2. The molecule has 0 saturated carbocycles. The highest BCUT2D eigenvalue weighted by molar-refractivity contribution is 5.85. The second kappa shape index (κ2) is 10.7. The molecule has 2 aromatic carbocycles. The van der Waals surface area contributed by atoms with E-state index in [1.54, 1.807) is 7.11 Å². The number of carbonyl (C=O) groups is 1. The summed E-state index contributed by atoms with van der Waals surface area (Å²) in [5, 5.41) is 3.43. The molecule has 1 aliphatic heterocycles. The summed E-state index contributed by atoms with van der Waals surface area (Å²) in [6.07, 6.45) is 1.86. The maximum atomic E-state index is 13.1. The normalized spacial score (nSPS) is 18.8. The molecule has 0 aromatic heterocycles. The summed E-state index contributed by atoms with van der Waals surface area (Å²) in [6.45, 7) is 7.95. The zero-order chi connectivity index (χ0) is 20.1. The van der Waals surface area contributed by atoms with Gasteiger partial charge in [-0.1, -0.05) is 42.5 Å². The van der Waals surface area contributed by atoms with E-state index in [9.17, 15) is 4.79 Å². The van der Waals surface area contributed by atoms with Crippen LogP contribution in [0.2, 0.25) is 0 Å². The van der Waals surface area contributed by atoms with E-state index in [1.807, 2.05) is 23.1 Å². The maximum Gasteiger partial charge on any atom is 0.226 e. The fourth-order valence-electron chi connectivity index (χ4n) is 3.98. The molecule has 29 heavy (non-hydrogen) atoms. The van der Waals surface area contributed by atoms with Gasteiger partial charge in [0, 0.05) is 30.1 Å². The van der Waals surface area contributed by atoms with Crippen LogP contribution in [0.1, 0.15) is 39.2 Å². The molecule has 0 spiro atoms. The minimum atomic E-state index is 0. The number of hydrogen-bond donors (Lipinski definition) is 1. The number of nitrogens with zero attached hydrogens (tertiary/aromatic N) is 1. The van der Waals surface area contributed by atoms with Crippen molar-refractivity contribution >= 4 is 18.3 Å². The molecular formula is C24H33ClN2O2. The first-order valence-electron chi connectivity index (χ1n) is 10.3. The molecule has 1 heterocycles. The Balaban J connectivity index is 0.00000300. The lowest BCUT2D eigenvalue weighted by molar-refractivity contribution is -0.139. The van der Waals surface area contributed by atoms with E-state index in [0.29, 0.717) is 12.6 Å². The molecule has 2 atom stereocenters. The molecule has 158 valence electrons. The fraction of sp³-hybridized carbons (Fsp3) is 0.458. The molecule has 4 nitrogen and oxygen atoms in total. The average Bonchev–Trinajstić information content (AvgIpc) is 2.71. The monoisotopic (exact) mass is 416 g/mol. The molecule has 0 radical (unpaired) electrons. The summed E-state index contributed by atoms with van der Waals surface area (Å²) in [4.78, 5) is 15.2. The standard InChI is InChI=1S/C24H32N2O2.ClH/c1-17(2)26(24(27)21-13-14-25-18(3)15-21)16-19-9-11-20(12-10-19)22-7-5-6-8-23(22)28-4;/h5-12,17-18,21,25H,13-16H2,1-4H3;1H/t18-,21-;/m0./s1. The third-order valence-electron chi connectivity index (χ3n) is 5.60. The first kappa shape index (κ1) is 23.2. The second-order valence-corrected chi connectivity index (χ2v) is 8.03. The van der Waals surface area contributed by atoms with Crippen LogP contribution in [0.25, 0.3) is 11.1 Å². The quantitative estimate of drug-likeness (QED) is 0.727. The Labute approximate surface area is 181 Å². The molecule has 1 N–H and O–H groups in total. The maximum absolute atomic E-state index is 13.1. The number of methoxy groups -OCH3 is 1. The van der Waals surface area contributed by atoms with E-state index in [1.165, 1.54) is 0 Å². The summed E-state index contributed by atoms with van der Waals surface area (Å²) in [7, 11) is 1.70. The molecule has 5 heteroatoms. The van der Waals surface area contributed by atoms with Crippen LogP contribution in [-0.4, -0.2) is 36.5 Å². The van der Waals surface area contributed by atoms with Crippen LogP contribution in [0.15, 0.2) is 48.5 Å². The summed E-state index contributed by atoms with van der Waals surface area (Å²) in [6, 6.07) is 17.1. The molecule has 0 unspecified atom stereocenters. The number of rotatable bonds is 6. The van der Waals surface area contributed by atoms with Crippen LogP contribution in [-0.2, 0) is 11.3 Å². The van der Waals surface area contributed by atoms with Crippen molar-refractivity contribution < 1.29 is 9.53 Å². The Morgan fingerprint density at radius 1 is 1.17 bits per heavy atom. The average molecular weight is 417 g/mol. The van der Waals surface area contributed by atoms with E-state index in [-0.39, 0.29) is 30.3 Å². The Morgan fingerprint density at radius 2 is 1.86 bits per heavy atom. The van der Waals surface area contributed by atoms with Crippen molar-refractivity contribution in [2.24, 2.45) is 5.92 Å². The van der Waals surface area contributed by atoms with E-state index in [4.69, 9.17) is 4.74 Å². The van der Waals surface area contributed by atoms with Crippen LogP contribution >= 0.6 is 12.4 Å². The predicted octanol–water partition coefficient (Wildman–Crippen LogP) is 4.91. The van der Waals surface area contributed by atoms with E-state index < -0.39 is 0 Å². The third-order valence-corrected chi connectivity index (χ3v) is 5.60. The number of carbonyl (C=O) groups excluding carboxylic acids is 1. The molecule has 1 fully saturated rings. The number of amides is 1. The highest BCUT2D eigenvalue weighted by atomic mass is 35.5. The minimum Gasteiger partial charge on any atom is -0.496 e. The molecule has 0 aliphatic carbocycles. The Kier molecular flexibility index (Phi) is 8.54. The lowest BCUT2D eigenvalue weighted by Crippen LogP contribution is -2.46. The topological polar surface area (TPSA) is 41.6 Å². The van der Waals surface area contributed by atoms with Gasteiger partial charge in [0.1, 0.15) is 5.75 Å². The Hall–Kier alpha value is -2.04. The lowest BCUT2D eigenvalue weighted by Gasteiger charge is -2.34. The SMILES string of the molecule is COc1ccccc1-c1ccc(CN(C(=O)[C@H]2CCN[C@@H](C)C2)C(C)C)cc1.Cl. The van der Waals surface area contributed by atoms with Crippen LogP contribution < -0.4 is 10.1 Å². The van der Waals surface area contributed by atoms with Crippen molar-refractivity contribution in [3.63, 3.8) is 0 Å². The first-order chi connectivity index (χ1) is 13.5. The van der Waals surface area contributed by atoms with Gasteiger partial charge in [0.05, 0.1) is 7.11 Å². The van der Waals surface area contributed by atoms with E-state index in [2.05, 4.69) is 56.4 Å². The molecule has 1 aliphatic rings. The fourth-order valence-corrected chi connectivity index (χ4v) is 3.98. The van der Waals surface area contributed by atoms with Crippen molar-refractivity contribution in [3.8, 4) is 16.9 Å².